The van der Waals surface area contributed by atoms with Crippen LogP contribution in [0, 0.1) is 0 Å². The SMILES string of the molecule is CCc1c(-c2nnc(C3(C(F)(F)F)CC3)s2)nn(-c2ccc(Cl)cc2Cl)c1-c1ccc(Cl)cc1. The van der Waals surface area contributed by atoms with E-state index in [0.29, 0.717) is 37.9 Å². The number of hydrogen-bond donors (Lipinski definition) is 0. The summed E-state index contributed by atoms with van der Waals surface area (Å²) >= 11 is 19.6. The van der Waals surface area contributed by atoms with Crippen molar-refractivity contribution in [2.75, 3.05) is 0 Å². The maximum atomic E-state index is 13.6. The molecule has 0 amide bonds. The van der Waals surface area contributed by atoms with Gasteiger partial charge < -0.3 is 0 Å². The van der Waals surface area contributed by atoms with Crippen LogP contribution in [0.25, 0.3) is 27.6 Å². The third kappa shape index (κ3) is 3.90. The first-order valence-corrected chi connectivity index (χ1v) is 12.3. The van der Waals surface area contributed by atoms with Crippen LogP contribution in [0.2, 0.25) is 15.1 Å². The van der Waals surface area contributed by atoms with Gasteiger partial charge in [-0.1, -0.05) is 65.2 Å². The van der Waals surface area contributed by atoms with Crippen LogP contribution in [0.4, 0.5) is 13.2 Å². The van der Waals surface area contributed by atoms with Gasteiger partial charge in [0.1, 0.15) is 16.1 Å². The van der Waals surface area contributed by atoms with Crippen molar-refractivity contribution in [3.8, 4) is 27.6 Å². The molecule has 4 aromatic rings. The predicted molar refractivity (Wildman–Crippen MR) is 129 cm³/mol. The Morgan fingerprint density at radius 3 is 2.26 bits per heavy atom. The lowest BCUT2D eigenvalue weighted by Gasteiger charge is -2.15. The van der Waals surface area contributed by atoms with Gasteiger partial charge in [0.15, 0.2) is 5.01 Å². The molecule has 0 spiro atoms. The highest BCUT2D eigenvalue weighted by Gasteiger charge is 2.66. The van der Waals surface area contributed by atoms with Crippen LogP contribution < -0.4 is 0 Å². The Morgan fingerprint density at radius 1 is 1.00 bits per heavy atom. The maximum absolute atomic E-state index is 13.6. The number of alkyl halides is 3. The molecule has 1 fully saturated rings. The zero-order valence-corrected chi connectivity index (χ0v) is 20.7. The molecule has 2 heterocycles. The summed E-state index contributed by atoms with van der Waals surface area (Å²) in [5.41, 5.74) is 1.54. The molecule has 0 atom stereocenters. The second kappa shape index (κ2) is 8.52. The quantitative estimate of drug-likeness (QED) is 0.255. The van der Waals surface area contributed by atoms with Crippen LogP contribution in [0.3, 0.4) is 0 Å². The molecule has 0 bridgehead atoms. The molecule has 34 heavy (non-hydrogen) atoms. The summed E-state index contributed by atoms with van der Waals surface area (Å²) in [6.07, 6.45) is -3.76. The molecular weight excluding hydrogens is 528 g/mol. The Bertz CT molecular complexity index is 1380. The van der Waals surface area contributed by atoms with E-state index in [1.165, 1.54) is 0 Å². The number of rotatable bonds is 5. The second-order valence-electron chi connectivity index (χ2n) is 8.04. The zero-order valence-electron chi connectivity index (χ0n) is 17.6. The van der Waals surface area contributed by atoms with E-state index < -0.39 is 11.6 Å². The molecule has 0 N–H and O–H groups in total. The molecule has 2 aromatic carbocycles. The lowest BCUT2D eigenvalue weighted by Crippen LogP contribution is -2.28. The van der Waals surface area contributed by atoms with Crippen LogP contribution in [0.5, 0.6) is 0 Å². The topological polar surface area (TPSA) is 43.6 Å². The summed E-state index contributed by atoms with van der Waals surface area (Å²) in [5, 5.41) is 14.6. The van der Waals surface area contributed by atoms with E-state index in [9.17, 15) is 13.2 Å². The Kier molecular flexibility index (Phi) is 5.91. The summed E-state index contributed by atoms with van der Waals surface area (Å²) in [6, 6.07) is 12.3. The van der Waals surface area contributed by atoms with Crippen LogP contribution in [0.15, 0.2) is 42.5 Å². The summed E-state index contributed by atoms with van der Waals surface area (Å²) in [4.78, 5) is 0. The molecule has 4 nitrogen and oxygen atoms in total. The van der Waals surface area contributed by atoms with Gasteiger partial charge in [0, 0.05) is 21.2 Å². The monoisotopic (exact) mass is 542 g/mol. The van der Waals surface area contributed by atoms with Crippen molar-refractivity contribution in [1.82, 2.24) is 20.0 Å². The largest absolute Gasteiger partial charge is 0.400 e. The highest BCUT2D eigenvalue weighted by atomic mass is 35.5. The number of nitrogens with zero attached hydrogens (tertiary/aromatic N) is 4. The van der Waals surface area contributed by atoms with Gasteiger partial charge in [-0.15, -0.1) is 10.2 Å². The van der Waals surface area contributed by atoms with E-state index in [-0.39, 0.29) is 17.8 Å². The van der Waals surface area contributed by atoms with Gasteiger partial charge in [0.25, 0.3) is 0 Å². The standard InChI is InChI=1S/C23H16Cl3F3N4S/c1-2-15-18(20-30-31-21(34-20)22(9-10-22)23(27,28)29)32-33(17-8-7-14(25)11-16(17)26)19(15)12-3-5-13(24)6-4-12/h3-8,11H,2,9-10H2,1H3. The van der Waals surface area contributed by atoms with Crippen molar-refractivity contribution in [1.29, 1.82) is 0 Å². The minimum absolute atomic E-state index is 0.0239. The average Bonchev–Trinajstić information content (AvgIpc) is 3.32. The van der Waals surface area contributed by atoms with Crippen molar-refractivity contribution in [2.24, 2.45) is 0 Å². The molecule has 0 radical (unpaired) electrons. The Morgan fingerprint density at radius 2 is 1.68 bits per heavy atom. The minimum atomic E-state index is -4.36. The molecular formula is C23H16Cl3F3N4S. The highest BCUT2D eigenvalue weighted by Crippen LogP contribution is 2.59. The Balaban J connectivity index is 1.71. The lowest BCUT2D eigenvalue weighted by atomic mass is 10.0. The van der Waals surface area contributed by atoms with E-state index in [4.69, 9.17) is 39.9 Å². The van der Waals surface area contributed by atoms with Crippen molar-refractivity contribution in [2.45, 2.75) is 37.8 Å². The molecule has 0 unspecified atom stereocenters. The van der Waals surface area contributed by atoms with Crippen molar-refractivity contribution in [3.05, 3.63) is 68.1 Å². The number of aromatic nitrogens is 4. The van der Waals surface area contributed by atoms with Gasteiger partial charge in [-0.2, -0.15) is 18.3 Å². The van der Waals surface area contributed by atoms with Crippen LogP contribution in [-0.4, -0.2) is 26.2 Å². The number of hydrogen-bond acceptors (Lipinski definition) is 4. The third-order valence-corrected chi connectivity index (χ3v) is 7.85. The van der Waals surface area contributed by atoms with E-state index >= 15 is 0 Å². The van der Waals surface area contributed by atoms with Gasteiger partial charge in [-0.05, 0) is 49.6 Å². The van der Waals surface area contributed by atoms with Crippen LogP contribution >= 0.6 is 46.1 Å². The molecule has 176 valence electrons. The normalized spacial score (nSPS) is 15.0. The fourth-order valence-corrected chi connectivity index (χ4v) is 5.68. The van der Waals surface area contributed by atoms with Gasteiger partial charge in [-0.3, -0.25) is 0 Å². The van der Waals surface area contributed by atoms with Crippen LogP contribution in [0.1, 0.15) is 30.3 Å². The molecule has 11 heteroatoms. The maximum Gasteiger partial charge on any atom is 0.400 e. The zero-order chi connectivity index (χ0) is 24.3. The summed E-state index contributed by atoms with van der Waals surface area (Å²) in [5.74, 6) is 0. The van der Waals surface area contributed by atoms with E-state index in [1.54, 1.807) is 35.0 Å². The van der Waals surface area contributed by atoms with Gasteiger partial charge in [0.05, 0.1) is 16.4 Å². The summed E-state index contributed by atoms with van der Waals surface area (Å²) < 4.78 is 42.6. The molecule has 2 aromatic heterocycles. The van der Waals surface area contributed by atoms with E-state index in [2.05, 4.69) is 10.2 Å². The molecule has 1 aliphatic rings. The molecule has 1 saturated carbocycles. The smallest absolute Gasteiger partial charge is 0.231 e. The molecule has 1 aliphatic carbocycles. The Labute approximate surface area is 212 Å². The fraction of sp³-hybridized carbons (Fsp3) is 0.261. The van der Waals surface area contributed by atoms with Gasteiger partial charge in [-0.25, -0.2) is 4.68 Å². The first-order chi connectivity index (χ1) is 16.1. The first kappa shape index (κ1) is 23.6. The van der Waals surface area contributed by atoms with Gasteiger partial charge >= 0.3 is 6.18 Å². The lowest BCUT2D eigenvalue weighted by molar-refractivity contribution is -0.160. The second-order valence-corrected chi connectivity index (χ2v) is 10.3. The van der Waals surface area contributed by atoms with E-state index in [1.807, 2.05) is 19.1 Å². The highest BCUT2D eigenvalue weighted by molar-refractivity contribution is 7.14. The van der Waals surface area contributed by atoms with Crippen molar-refractivity contribution in [3.63, 3.8) is 0 Å². The molecule has 0 aliphatic heterocycles. The number of halogens is 6. The molecule has 0 saturated heterocycles. The van der Waals surface area contributed by atoms with Crippen LogP contribution in [-0.2, 0) is 11.8 Å². The average molecular weight is 544 g/mol. The van der Waals surface area contributed by atoms with E-state index in [0.717, 1.165) is 28.2 Å². The van der Waals surface area contributed by atoms with Gasteiger partial charge in [0.2, 0.25) is 0 Å². The number of benzene rings is 2. The fourth-order valence-electron chi connectivity index (χ4n) is 3.94. The third-order valence-electron chi connectivity index (χ3n) is 5.92. The first-order valence-electron chi connectivity index (χ1n) is 10.4. The van der Waals surface area contributed by atoms with Crippen molar-refractivity contribution < 1.29 is 13.2 Å². The predicted octanol–water partition coefficient (Wildman–Crippen LogP) is 8.17. The Hall–Kier alpha value is -2.13. The summed E-state index contributed by atoms with van der Waals surface area (Å²) in [7, 11) is 0. The summed E-state index contributed by atoms with van der Waals surface area (Å²) in [6.45, 7) is 1.95. The van der Waals surface area contributed by atoms with Crippen molar-refractivity contribution >= 4 is 46.1 Å². The molecule has 5 rings (SSSR count). The minimum Gasteiger partial charge on any atom is -0.231 e.